The van der Waals surface area contributed by atoms with Gasteiger partial charge in [-0.2, -0.15) is 23.5 Å². The highest BCUT2D eigenvalue weighted by Gasteiger charge is 2.49. The third kappa shape index (κ3) is 28.8. The van der Waals surface area contributed by atoms with Crippen molar-refractivity contribution in [1.82, 2.24) is 46.8 Å². The first-order valence-corrected chi connectivity index (χ1v) is 42.0. The number of hydrogen-bond acceptors (Lipinski definition) is 21. The lowest BCUT2D eigenvalue weighted by Crippen LogP contribution is -2.62. The molecule has 9 rings (SSSR count). The lowest BCUT2D eigenvalue weighted by molar-refractivity contribution is -0.147. The Balaban J connectivity index is 0.984. The molecule has 0 saturated carbocycles. The first-order valence-electron chi connectivity index (χ1n) is 39.7. The van der Waals surface area contributed by atoms with Crippen molar-refractivity contribution in [1.29, 1.82) is 0 Å². The molecule has 5 heterocycles. The summed E-state index contributed by atoms with van der Waals surface area (Å²) in [5, 5.41) is 37.7. The van der Waals surface area contributed by atoms with Crippen molar-refractivity contribution in [2.45, 2.75) is 163 Å². The molecule has 1 saturated heterocycles. The van der Waals surface area contributed by atoms with Gasteiger partial charge < -0.3 is 87.4 Å². The summed E-state index contributed by atoms with van der Waals surface area (Å²) in [4.78, 5) is 184. The van der Waals surface area contributed by atoms with Crippen LogP contribution in [-0.4, -0.2) is 222 Å². The van der Waals surface area contributed by atoms with E-state index in [1.54, 1.807) is 6.21 Å². The molecular formula is C84H106F2N12O18S2. The summed E-state index contributed by atoms with van der Waals surface area (Å²) < 4.78 is 52.0. The van der Waals surface area contributed by atoms with Crippen LogP contribution in [-0.2, 0) is 107 Å². The number of aromatic hydroxyl groups is 1. The number of phenols is 1. The molecule has 8 amide bonds. The van der Waals surface area contributed by atoms with E-state index in [0.717, 1.165) is 11.1 Å². The quantitative estimate of drug-likeness (QED) is 0.0224. The maximum atomic E-state index is 15.3. The number of unbranched alkanes of at least 4 members (excludes halogenated alkanes) is 2. The molecule has 14 N–H and O–H groups in total. The topological polar surface area (TPSA) is 454 Å². The van der Waals surface area contributed by atoms with Crippen LogP contribution in [0.3, 0.4) is 0 Å². The largest absolute Gasteiger partial charge is 0.508 e. The number of carbonyl (C=O) groups excluding carboxylic acids is 11. The first kappa shape index (κ1) is 91.7. The summed E-state index contributed by atoms with van der Waals surface area (Å²) in [6.45, 7) is 4.16. The molecular weight excluding hydrogens is 1570 g/mol. The van der Waals surface area contributed by atoms with E-state index >= 15 is 32.8 Å². The van der Waals surface area contributed by atoms with Gasteiger partial charge in [0.05, 0.1) is 71.9 Å². The van der Waals surface area contributed by atoms with E-state index in [9.17, 15) is 43.8 Å². The molecule has 0 aliphatic carbocycles. The minimum Gasteiger partial charge on any atom is -0.508 e. The first-order chi connectivity index (χ1) is 56.8. The van der Waals surface area contributed by atoms with Crippen LogP contribution in [0.1, 0.15) is 125 Å². The van der Waals surface area contributed by atoms with Gasteiger partial charge in [-0.25, -0.2) is 8.78 Å². The summed E-state index contributed by atoms with van der Waals surface area (Å²) in [7, 11) is 0. The van der Waals surface area contributed by atoms with Crippen molar-refractivity contribution in [3.8, 4) is 5.75 Å². The number of carboxylic acids is 1. The Morgan fingerprint density at radius 1 is 0.644 bits per heavy atom. The van der Waals surface area contributed by atoms with Crippen molar-refractivity contribution in [3.05, 3.63) is 149 Å². The number of amides is 8. The van der Waals surface area contributed by atoms with Gasteiger partial charge in [-0.1, -0.05) is 49.2 Å². The van der Waals surface area contributed by atoms with E-state index in [0.29, 0.717) is 122 Å². The normalized spacial score (nSPS) is 21.8. The number of aliphatic imine (C=N–C) groups is 1. The Labute approximate surface area is 690 Å². The van der Waals surface area contributed by atoms with Crippen molar-refractivity contribution in [2.75, 3.05) is 84.0 Å². The fraction of sp³-hybridized carbons (Fsp3) is 0.488. The third-order valence-electron chi connectivity index (χ3n) is 20.7. The number of thioether (sulfide) groups is 2. The lowest BCUT2D eigenvalue weighted by Gasteiger charge is -2.37. The van der Waals surface area contributed by atoms with Crippen LogP contribution in [0.25, 0.3) is 21.8 Å². The molecule has 118 heavy (non-hydrogen) atoms. The standard InChI is InChI=1S/C84H106F2N12O18S2/c1-84-22-6-25-98(84)82(111)72(37-52-11-15-63(100)16-12-52)96-78(107)56(36-53-19-24-89-45-53)41-74(102)70(44-76(104)105)94-81(110)71(40-59-47-91-68-18-14-61(86)43-66(59)68)95-79(108)57(38-58-46-90-67-17-13-60(85)42-65(58)67)39-64(101)48-92-80(109)69(10-4-2-3-9-62(99)20-26-113-28-30-115-32-33-116-31-29-114-27-23-87)93-75(103)21-34-117-49-54-7-5-8-55(35-54)50-118-51-73(77(88)106)97-83(84)112/h5,7-8,11-18,24,35,42-43,45-47,56-57,69-73,90-91,100H,2-4,6,9-10,19-23,25-34,36-41,44,48-51,87H2,1H3,(H2,88,106)(H,92,109)(H,93,103)(H,94,110)(H,95,108)(H,96,107)(H,97,112)(H,104,105)/t56-,57-,69+,70+,71+,72+,73+,84+/m1/s1. The fourth-order valence-corrected chi connectivity index (χ4v) is 16.2. The number of Topliss-reactive ketones (excluding diaryl/α,β-unsaturated/α-hetero) is 3. The van der Waals surface area contributed by atoms with Crippen LogP contribution in [0.5, 0.6) is 5.75 Å². The van der Waals surface area contributed by atoms with Crippen LogP contribution < -0.4 is 43.4 Å². The summed E-state index contributed by atoms with van der Waals surface area (Å²) in [5.41, 5.74) is 14.1. The number of aromatic amines is 2. The average molecular weight is 1670 g/mol. The van der Waals surface area contributed by atoms with E-state index < -0.39 is 156 Å². The number of halogens is 2. The van der Waals surface area contributed by atoms with E-state index in [4.69, 9.17) is 30.4 Å². The number of phenolic OH excluding ortho intramolecular Hbond substituents is 1. The number of rotatable bonds is 31. The molecule has 6 aromatic rings. The van der Waals surface area contributed by atoms with Gasteiger partial charge in [-0.3, -0.25) is 62.5 Å². The number of carboxylic acid groups (broad SMARTS) is 1. The summed E-state index contributed by atoms with van der Waals surface area (Å²) >= 11 is 2.78. The van der Waals surface area contributed by atoms with Gasteiger partial charge in [-0.05, 0) is 127 Å². The second-order valence-corrected chi connectivity index (χ2v) is 31.9. The molecule has 1 fully saturated rings. The number of nitrogens with one attached hydrogen (secondary N) is 8. The SMILES string of the molecule is C[C@@]12CCCN1C(=O)[C@H](Cc1ccc(O)cc1)NC(=O)[C@H](CC1=CN=CC1)CC(=O)[C@H](CC(=O)O)NC(=O)[C@H](Cc1c[nH]c3ccc(F)cc13)NC(=O)[C@H](Cc1c[nH]c3ccc(F)cc13)CC(=O)CNC(=O)[C@H](CCCCCC(=O)CCOCCOCCOCCOCCN)NC(=O)CCSCc1cccc(c1)CSC[C@@H](C(N)=O)NC2=O. The van der Waals surface area contributed by atoms with Crippen LogP contribution >= 0.6 is 23.5 Å². The van der Waals surface area contributed by atoms with Gasteiger partial charge >= 0.3 is 5.97 Å². The fourth-order valence-electron chi connectivity index (χ4n) is 14.3. The molecule has 2 aromatic heterocycles. The van der Waals surface area contributed by atoms with Crippen LogP contribution in [0.2, 0.25) is 0 Å². The molecule has 0 unspecified atom stereocenters. The molecule has 0 spiro atoms. The monoisotopic (exact) mass is 1670 g/mol. The number of ether oxygens (including phenoxy) is 4. The number of H-pyrrole nitrogens is 2. The molecule has 3 aliphatic heterocycles. The van der Waals surface area contributed by atoms with Crippen molar-refractivity contribution in [2.24, 2.45) is 28.3 Å². The Kier molecular flexibility index (Phi) is 36.4. The number of aliphatic carboxylic acids is 1. The molecule has 2 bridgehead atoms. The van der Waals surface area contributed by atoms with E-state index in [-0.39, 0.29) is 106 Å². The highest BCUT2D eigenvalue weighted by molar-refractivity contribution is 7.98. The van der Waals surface area contributed by atoms with Gasteiger partial charge in [0.1, 0.15) is 52.9 Å². The zero-order chi connectivity index (χ0) is 84.5. The van der Waals surface area contributed by atoms with Gasteiger partial charge in [0, 0.05) is 146 Å². The molecule has 0 radical (unpaired) electrons. The maximum Gasteiger partial charge on any atom is 0.305 e. The predicted molar refractivity (Wildman–Crippen MR) is 440 cm³/mol. The number of aromatic nitrogens is 2. The van der Waals surface area contributed by atoms with Crippen LogP contribution in [0.4, 0.5) is 8.78 Å². The summed E-state index contributed by atoms with van der Waals surface area (Å²) in [6.07, 6.45) is 4.97. The Morgan fingerprint density at radius 3 is 1.90 bits per heavy atom. The second kappa shape index (κ2) is 46.8. The number of nitrogens with two attached hydrogens (primary N) is 2. The number of fused-ring (bicyclic) bond motifs is 5. The van der Waals surface area contributed by atoms with Gasteiger partial charge in [0.15, 0.2) is 11.6 Å². The number of benzene rings is 4. The van der Waals surface area contributed by atoms with Gasteiger partial charge in [-0.15, -0.1) is 0 Å². The number of carbonyl (C=O) groups is 12. The van der Waals surface area contributed by atoms with Gasteiger partial charge in [0.25, 0.3) is 0 Å². The summed E-state index contributed by atoms with van der Waals surface area (Å²) in [6, 6.07) is 13.7. The van der Waals surface area contributed by atoms with Gasteiger partial charge in [0.2, 0.25) is 47.3 Å². The summed E-state index contributed by atoms with van der Waals surface area (Å²) in [5.74, 6) is -12.7. The van der Waals surface area contributed by atoms with E-state index in [2.05, 4.69) is 46.9 Å². The zero-order valence-electron chi connectivity index (χ0n) is 66.1. The number of primary amides is 1. The van der Waals surface area contributed by atoms with Crippen LogP contribution in [0.15, 0.2) is 114 Å². The number of ketones is 3. The molecule has 8 atom stereocenters. The zero-order valence-corrected chi connectivity index (χ0v) is 67.7. The molecule has 636 valence electrons. The predicted octanol–water partition coefficient (Wildman–Crippen LogP) is 5.95. The smallest absolute Gasteiger partial charge is 0.305 e. The van der Waals surface area contributed by atoms with Crippen molar-refractivity contribution < 1.29 is 95.5 Å². The number of nitrogens with zero attached hydrogens (tertiary/aromatic N) is 2. The molecule has 3 aliphatic rings. The second-order valence-electron chi connectivity index (χ2n) is 29.8. The molecule has 30 nitrogen and oxygen atoms in total. The Morgan fingerprint density at radius 2 is 1.26 bits per heavy atom. The third-order valence-corrected chi connectivity index (χ3v) is 22.9. The minimum atomic E-state index is -1.93. The van der Waals surface area contributed by atoms with E-state index in [1.807, 2.05) is 24.3 Å². The minimum absolute atomic E-state index is 0.0233. The number of hydrogen-bond donors (Lipinski definition) is 12. The Hall–Kier alpha value is -10.2. The van der Waals surface area contributed by atoms with E-state index in [1.165, 1.54) is 115 Å². The highest BCUT2D eigenvalue weighted by Crippen LogP contribution is 2.33. The lowest BCUT2D eigenvalue weighted by atomic mass is 9.89. The van der Waals surface area contributed by atoms with Crippen molar-refractivity contribution in [3.63, 3.8) is 0 Å². The molecule has 4 aromatic carbocycles. The molecule has 34 heteroatoms. The van der Waals surface area contributed by atoms with Crippen molar-refractivity contribution >= 4 is 122 Å². The Bertz CT molecular complexity index is 4540. The maximum absolute atomic E-state index is 15.3. The average Bonchev–Trinajstić information content (AvgIpc) is 1.60. The van der Waals surface area contributed by atoms with Crippen LogP contribution in [0, 0.1) is 23.5 Å². The number of allylic oxidation sites excluding steroid dienone is 1. The highest BCUT2D eigenvalue weighted by atomic mass is 32.2.